The Morgan fingerprint density at radius 1 is 1.33 bits per heavy atom. The van der Waals surface area contributed by atoms with E-state index >= 15 is 0 Å². The van der Waals surface area contributed by atoms with Crippen LogP contribution in [0, 0.1) is 5.92 Å². The number of ketones is 1. The molecule has 1 aromatic rings. The van der Waals surface area contributed by atoms with Crippen molar-refractivity contribution >= 4 is 21.7 Å². The monoisotopic (exact) mass is 310 g/mol. The van der Waals surface area contributed by atoms with Gasteiger partial charge in [-0.05, 0) is 37.8 Å². The van der Waals surface area contributed by atoms with Gasteiger partial charge in [-0.25, -0.2) is 0 Å². The smallest absolute Gasteiger partial charge is 0.191 e. The second-order valence-corrected chi connectivity index (χ2v) is 5.91. The lowest BCUT2D eigenvalue weighted by atomic mass is 10.1. The summed E-state index contributed by atoms with van der Waals surface area (Å²) >= 11 is 3.36. The quantitative estimate of drug-likeness (QED) is 0.761. The fourth-order valence-corrected chi connectivity index (χ4v) is 2.65. The summed E-state index contributed by atoms with van der Waals surface area (Å²) in [6.45, 7) is 2.57. The highest BCUT2D eigenvalue weighted by Crippen LogP contribution is 2.25. The van der Waals surface area contributed by atoms with Gasteiger partial charge in [0.1, 0.15) is 6.10 Å². The first-order valence-corrected chi connectivity index (χ1v) is 7.37. The number of rotatable bonds is 5. The molecule has 1 aromatic carbocycles. The van der Waals surface area contributed by atoms with Crippen LogP contribution in [0.1, 0.15) is 43.0 Å². The third-order valence-corrected chi connectivity index (χ3v) is 4.08. The van der Waals surface area contributed by atoms with Gasteiger partial charge in [-0.15, -0.1) is 0 Å². The zero-order valence-electron chi connectivity index (χ0n) is 10.7. The molecule has 0 aliphatic heterocycles. The molecule has 0 heterocycles. The number of ether oxygens (including phenoxy) is 1. The molecule has 0 aromatic heterocycles. The van der Waals surface area contributed by atoms with E-state index in [1.807, 2.05) is 31.2 Å². The number of carbonyl (C=O) groups excluding carboxylic acids is 1. The van der Waals surface area contributed by atoms with Gasteiger partial charge >= 0.3 is 0 Å². The Balaban J connectivity index is 1.85. The van der Waals surface area contributed by atoms with E-state index in [1.54, 1.807) is 0 Å². The van der Waals surface area contributed by atoms with Crippen LogP contribution in [0.4, 0.5) is 0 Å². The lowest BCUT2D eigenvalue weighted by molar-refractivity contribution is 0.0351. The Morgan fingerprint density at radius 2 is 1.94 bits per heavy atom. The van der Waals surface area contributed by atoms with Crippen molar-refractivity contribution in [2.75, 3.05) is 6.61 Å². The number of halogens is 1. The van der Waals surface area contributed by atoms with Crippen LogP contribution in [0.2, 0.25) is 0 Å². The third kappa shape index (κ3) is 3.66. The number of hydrogen-bond acceptors (Lipinski definition) is 2. The Hall–Kier alpha value is -0.670. The van der Waals surface area contributed by atoms with Crippen LogP contribution < -0.4 is 0 Å². The van der Waals surface area contributed by atoms with Crippen LogP contribution in [-0.2, 0) is 4.74 Å². The highest BCUT2D eigenvalue weighted by Gasteiger charge is 2.20. The second kappa shape index (κ2) is 6.48. The van der Waals surface area contributed by atoms with Gasteiger partial charge in [0.15, 0.2) is 5.78 Å². The molecule has 0 saturated heterocycles. The van der Waals surface area contributed by atoms with E-state index in [9.17, 15) is 4.79 Å². The Kier molecular flexibility index (Phi) is 4.95. The molecule has 1 aliphatic carbocycles. The molecule has 1 unspecified atom stereocenters. The first-order chi connectivity index (χ1) is 8.66. The van der Waals surface area contributed by atoms with Crippen molar-refractivity contribution < 1.29 is 9.53 Å². The third-order valence-electron chi connectivity index (χ3n) is 3.55. The van der Waals surface area contributed by atoms with E-state index in [-0.39, 0.29) is 11.9 Å². The zero-order chi connectivity index (χ0) is 13.0. The number of carbonyl (C=O) groups is 1. The van der Waals surface area contributed by atoms with Crippen molar-refractivity contribution in [2.24, 2.45) is 5.92 Å². The fraction of sp³-hybridized carbons (Fsp3) is 0.533. The molecule has 1 saturated carbocycles. The minimum Gasteiger partial charge on any atom is -0.370 e. The van der Waals surface area contributed by atoms with Gasteiger partial charge in [0.05, 0.1) is 6.61 Å². The number of benzene rings is 1. The highest BCUT2D eigenvalue weighted by atomic mass is 79.9. The van der Waals surface area contributed by atoms with Gasteiger partial charge in [-0.2, -0.15) is 0 Å². The summed E-state index contributed by atoms with van der Waals surface area (Å²) in [5, 5.41) is 0. The van der Waals surface area contributed by atoms with Crippen molar-refractivity contribution in [1.82, 2.24) is 0 Å². The summed E-state index contributed by atoms with van der Waals surface area (Å²) in [7, 11) is 0. The van der Waals surface area contributed by atoms with Crippen molar-refractivity contribution in [3.8, 4) is 0 Å². The summed E-state index contributed by atoms with van der Waals surface area (Å²) in [6, 6.07) is 7.44. The first kappa shape index (κ1) is 13.8. The molecule has 0 radical (unpaired) electrons. The van der Waals surface area contributed by atoms with E-state index in [1.165, 1.54) is 25.7 Å². The van der Waals surface area contributed by atoms with Crippen molar-refractivity contribution in [2.45, 2.75) is 38.7 Å². The highest BCUT2D eigenvalue weighted by molar-refractivity contribution is 9.10. The van der Waals surface area contributed by atoms with E-state index in [2.05, 4.69) is 15.9 Å². The Bertz CT molecular complexity index is 393. The lowest BCUT2D eigenvalue weighted by Crippen LogP contribution is -2.23. The predicted molar refractivity (Wildman–Crippen MR) is 75.8 cm³/mol. The van der Waals surface area contributed by atoms with Crippen LogP contribution in [-0.4, -0.2) is 18.5 Å². The lowest BCUT2D eigenvalue weighted by Gasteiger charge is -2.15. The molecule has 1 atom stereocenters. The van der Waals surface area contributed by atoms with Crippen LogP contribution in [0.25, 0.3) is 0 Å². The molecule has 0 spiro atoms. The van der Waals surface area contributed by atoms with Crippen LogP contribution in [0.5, 0.6) is 0 Å². The molecule has 0 bridgehead atoms. The molecule has 3 heteroatoms. The SMILES string of the molecule is CC(OCC1CCCC1)C(=O)c1ccc(Br)cc1. The maximum Gasteiger partial charge on any atom is 0.191 e. The van der Waals surface area contributed by atoms with Gasteiger partial charge in [-0.1, -0.05) is 40.9 Å². The average Bonchev–Trinajstić information content (AvgIpc) is 2.89. The normalized spacial score (nSPS) is 17.9. The molecular weight excluding hydrogens is 292 g/mol. The average molecular weight is 311 g/mol. The molecule has 1 fully saturated rings. The minimum atomic E-state index is -0.341. The summed E-state index contributed by atoms with van der Waals surface area (Å²) in [4.78, 5) is 12.1. The standard InChI is InChI=1S/C15H19BrO2/c1-11(18-10-12-4-2-3-5-12)15(17)13-6-8-14(16)9-7-13/h6-9,11-12H,2-5,10H2,1H3. The predicted octanol–water partition coefficient (Wildman–Crippen LogP) is 4.23. The summed E-state index contributed by atoms with van der Waals surface area (Å²) in [6.07, 6.45) is 4.77. The number of Topliss-reactive ketones (excluding diaryl/α,β-unsaturated/α-hetero) is 1. The summed E-state index contributed by atoms with van der Waals surface area (Å²) in [5.41, 5.74) is 0.720. The van der Waals surface area contributed by atoms with Gasteiger partial charge in [0.2, 0.25) is 0 Å². The molecule has 0 amide bonds. The molecule has 0 N–H and O–H groups in total. The Labute approximate surface area is 117 Å². The van der Waals surface area contributed by atoms with Crippen molar-refractivity contribution in [3.05, 3.63) is 34.3 Å². The zero-order valence-corrected chi connectivity index (χ0v) is 12.3. The van der Waals surface area contributed by atoms with Crippen LogP contribution in [0.15, 0.2) is 28.7 Å². The van der Waals surface area contributed by atoms with Crippen LogP contribution in [0.3, 0.4) is 0 Å². The van der Waals surface area contributed by atoms with Crippen molar-refractivity contribution in [1.29, 1.82) is 0 Å². The Morgan fingerprint density at radius 3 is 2.56 bits per heavy atom. The molecule has 98 valence electrons. The van der Waals surface area contributed by atoms with E-state index in [0.717, 1.165) is 16.6 Å². The molecule has 18 heavy (non-hydrogen) atoms. The topological polar surface area (TPSA) is 26.3 Å². The molecular formula is C15H19BrO2. The summed E-state index contributed by atoms with van der Waals surface area (Å²) < 4.78 is 6.70. The van der Waals surface area contributed by atoms with E-state index in [0.29, 0.717) is 5.92 Å². The van der Waals surface area contributed by atoms with E-state index in [4.69, 9.17) is 4.74 Å². The maximum atomic E-state index is 12.1. The van der Waals surface area contributed by atoms with Crippen LogP contribution >= 0.6 is 15.9 Å². The summed E-state index contributed by atoms with van der Waals surface area (Å²) in [5.74, 6) is 0.727. The maximum absolute atomic E-state index is 12.1. The minimum absolute atomic E-state index is 0.0699. The van der Waals surface area contributed by atoms with Crippen molar-refractivity contribution in [3.63, 3.8) is 0 Å². The largest absolute Gasteiger partial charge is 0.370 e. The molecule has 2 nitrogen and oxygen atoms in total. The van der Waals surface area contributed by atoms with Gasteiger partial charge in [0.25, 0.3) is 0 Å². The molecule has 1 aliphatic rings. The second-order valence-electron chi connectivity index (χ2n) is 5.00. The van der Waals surface area contributed by atoms with Gasteiger partial charge < -0.3 is 4.74 Å². The number of hydrogen-bond donors (Lipinski definition) is 0. The van der Waals surface area contributed by atoms with Gasteiger partial charge in [-0.3, -0.25) is 4.79 Å². The van der Waals surface area contributed by atoms with Gasteiger partial charge in [0, 0.05) is 10.0 Å². The van der Waals surface area contributed by atoms with E-state index < -0.39 is 0 Å². The fourth-order valence-electron chi connectivity index (χ4n) is 2.38. The first-order valence-electron chi connectivity index (χ1n) is 6.58. The molecule has 2 rings (SSSR count).